The maximum Gasteiger partial charge on any atom is 0.165 e. The van der Waals surface area contributed by atoms with Gasteiger partial charge in [0.2, 0.25) is 0 Å². The van der Waals surface area contributed by atoms with Crippen LogP contribution in [0.4, 0.5) is 4.39 Å². The molecular weight excluding hydrogens is 221 g/mol. The molecule has 0 spiro atoms. The molecule has 3 nitrogen and oxygen atoms in total. The van der Waals surface area contributed by atoms with Crippen molar-refractivity contribution in [2.24, 2.45) is 5.73 Å². The molecule has 0 aliphatic carbocycles. The van der Waals surface area contributed by atoms with Gasteiger partial charge in [-0.15, -0.1) is 0 Å². The lowest BCUT2D eigenvalue weighted by atomic mass is 10.0. The highest BCUT2D eigenvalue weighted by Crippen LogP contribution is 2.26. The number of benzene rings is 1. The van der Waals surface area contributed by atoms with Crippen LogP contribution in [0.5, 0.6) is 5.75 Å². The highest BCUT2D eigenvalue weighted by atomic mass is 19.1. The number of ether oxygens (including phenoxy) is 1. The van der Waals surface area contributed by atoms with Gasteiger partial charge >= 0.3 is 0 Å². The van der Waals surface area contributed by atoms with Gasteiger partial charge < -0.3 is 15.6 Å². The van der Waals surface area contributed by atoms with Crippen molar-refractivity contribution in [3.8, 4) is 5.75 Å². The van der Waals surface area contributed by atoms with Gasteiger partial charge in [0.1, 0.15) is 5.60 Å². The van der Waals surface area contributed by atoms with Crippen LogP contribution < -0.4 is 10.5 Å². The smallest absolute Gasteiger partial charge is 0.165 e. The Balaban J connectivity index is 2.94. The summed E-state index contributed by atoms with van der Waals surface area (Å²) >= 11 is 0. The second-order valence-electron chi connectivity index (χ2n) is 5.21. The van der Waals surface area contributed by atoms with Crippen LogP contribution in [0.3, 0.4) is 0 Å². The second-order valence-corrected chi connectivity index (χ2v) is 5.21. The highest BCUT2D eigenvalue weighted by Gasteiger charge is 2.18. The van der Waals surface area contributed by atoms with Crippen LogP contribution in [0.2, 0.25) is 0 Å². The third-order valence-corrected chi connectivity index (χ3v) is 2.21. The Morgan fingerprint density at radius 3 is 2.35 bits per heavy atom. The third kappa shape index (κ3) is 3.98. The van der Waals surface area contributed by atoms with Gasteiger partial charge in [0.05, 0.1) is 6.10 Å². The van der Waals surface area contributed by atoms with E-state index >= 15 is 0 Å². The fourth-order valence-corrected chi connectivity index (χ4v) is 1.42. The van der Waals surface area contributed by atoms with Crippen molar-refractivity contribution < 1.29 is 14.2 Å². The van der Waals surface area contributed by atoms with Crippen LogP contribution in [0.25, 0.3) is 0 Å². The zero-order chi connectivity index (χ0) is 13.2. The number of halogens is 1. The molecule has 4 heteroatoms. The standard InChI is InChI=1S/C13H20FNO2/c1-8(15)12(16)9-5-6-11(10(14)7-9)17-13(2,3)4/h5-8,12,16H,15H2,1-4H3. The van der Waals surface area contributed by atoms with Gasteiger partial charge in [-0.2, -0.15) is 0 Å². The number of nitrogens with two attached hydrogens (primary N) is 1. The lowest BCUT2D eigenvalue weighted by Crippen LogP contribution is -2.25. The predicted molar refractivity (Wildman–Crippen MR) is 65.4 cm³/mol. The summed E-state index contributed by atoms with van der Waals surface area (Å²) in [5, 5.41) is 9.71. The monoisotopic (exact) mass is 241 g/mol. The first-order valence-corrected chi connectivity index (χ1v) is 5.63. The first-order valence-electron chi connectivity index (χ1n) is 5.63. The van der Waals surface area contributed by atoms with Crippen LogP contribution in [0.1, 0.15) is 39.4 Å². The van der Waals surface area contributed by atoms with Crippen molar-refractivity contribution in [3.05, 3.63) is 29.6 Å². The molecule has 0 saturated carbocycles. The largest absolute Gasteiger partial charge is 0.485 e. The van der Waals surface area contributed by atoms with E-state index in [-0.39, 0.29) is 5.75 Å². The van der Waals surface area contributed by atoms with Gasteiger partial charge in [0.25, 0.3) is 0 Å². The zero-order valence-electron chi connectivity index (χ0n) is 10.7. The van der Waals surface area contributed by atoms with E-state index in [1.807, 2.05) is 20.8 Å². The molecule has 0 heterocycles. The summed E-state index contributed by atoms with van der Waals surface area (Å²) in [6.07, 6.45) is -0.867. The maximum absolute atomic E-state index is 13.7. The summed E-state index contributed by atoms with van der Waals surface area (Å²) in [6.45, 7) is 7.20. The van der Waals surface area contributed by atoms with Crippen molar-refractivity contribution in [3.63, 3.8) is 0 Å². The molecule has 3 N–H and O–H groups in total. The van der Waals surface area contributed by atoms with Crippen molar-refractivity contribution in [1.29, 1.82) is 0 Å². The molecule has 2 atom stereocenters. The Labute approximate surface area is 101 Å². The van der Waals surface area contributed by atoms with E-state index < -0.39 is 23.6 Å². The minimum atomic E-state index is -0.867. The van der Waals surface area contributed by atoms with Gasteiger partial charge in [0.15, 0.2) is 11.6 Å². The molecule has 0 aliphatic rings. The number of hydrogen-bond donors (Lipinski definition) is 2. The fourth-order valence-electron chi connectivity index (χ4n) is 1.42. The Kier molecular flexibility index (Phi) is 4.11. The Morgan fingerprint density at radius 1 is 1.35 bits per heavy atom. The Morgan fingerprint density at radius 2 is 1.94 bits per heavy atom. The Bertz CT molecular complexity index is 385. The van der Waals surface area contributed by atoms with E-state index in [9.17, 15) is 9.50 Å². The molecule has 1 aromatic carbocycles. The lowest BCUT2D eigenvalue weighted by molar-refractivity contribution is 0.123. The molecule has 0 amide bonds. The maximum atomic E-state index is 13.7. The molecular formula is C13H20FNO2. The van der Waals surface area contributed by atoms with Crippen molar-refractivity contribution in [2.45, 2.75) is 45.4 Å². The normalized spacial score (nSPS) is 15.5. The van der Waals surface area contributed by atoms with Crippen molar-refractivity contribution >= 4 is 0 Å². The predicted octanol–water partition coefficient (Wildman–Crippen LogP) is 2.38. The molecule has 0 saturated heterocycles. The summed E-state index contributed by atoms with van der Waals surface area (Å²) in [5.74, 6) is -0.310. The number of aliphatic hydroxyl groups is 1. The average molecular weight is 241 g/mol. The van der Waals surface area contributed by atoms with E-state index in [1.165, 1.54) is 12.1 Å². The van der Waals surface area contributed by atoms with E-state index in [1.54, 1.807) is 13.0 Å². The van der Waals surface area contributed by atoms with Crippen LogP contribution in [0.15, 0.2) is 18.2 Å². The van der Waals surface area contributed by atoms with Gasteiger partial charge in [0, 0.05) is 6.04 Å². The van der Waals surface area contributed by atoms with E-state index in [4.69, 9.17) is 10.5 Å². The van der Waals surface area contributed by atoms with E-state index in [2.05, 4.69) is 0 Å². The van der Waals surface area contributed by atoms with Gasteiger partial charge in [-0.25, -0.2) is 4.39 Å². The van der Waals surface area contributed by atoms with Gasteiger partial charge in [-0.05, 0) is 45.4 Å². The minimum Gasteiger partial charge on any atom is -0.485 e. The zero-order valence-corrected chi connectivity index (χ0v) is 10.7. The molecule has 0 fully saturated rings. The van der Waals surface area contributed by atoms with Crippen LogP contribution in [-0.2, 0) is 0 Å². The van der Waals surface area contributed by atoms with Crippen molar-refractivity contribution in [1.82, 2.24) is 0 Å². The first-order chi connectivity index (χ1) is 7.70. The number of rotatable bonds is 3. The molecule has 2 unspecified atom stereocenters. The SMILES string of the molecule is CC(N)C(O)c1ccc(OC(C)(C)C)c(F)c1. The van der Waals surface area contributed by atoms with Crippen LogP contribution in [-0.4, -0.2) is 16.7 Å². The Hall–Kier alpha value is -1.13. The molecule has 17 heavy (non-hydrogen) atoms. The summed E-state index contributed by atoms with van der Waals surface area (Å²) in [6, 6.07) is 3.96. The molecule has 0 bridgehead atoms. The number of hydrogen-bond acceptors (Lipinski definition) is 3. The first kappa shape index (κ1) is 13.9. The molecule has 0 aliphatic heterocycles. The van der Waals surface area contributed by atoms with Gasteiger partial charge in [-0.3, -0.25) is 0 Å². The van der Waals surface area contributed by atoms with Crippen LogP contribution in [0, 0.1) is 5.82 Å². The molecule has 0 aromatic heterocycles. The number of aliphatic hydroxyl groups excluding tert-OH is 1. The lowest BCUT2D eigenvalue weighted by Gasteiger charge is -2.22. The fraction of sp³-hybridized carbons (Fsp3) is 0.538. The molecule has 96 valence electrons. The summed E-state index contributed by atoms with van der Waals surface area (Å²) in [5.41, 5.74) is 5.56. The topological polar surface area (TPSA) is 55.5 Å². The summed E-state index contributed by atoms with van der Waals surface area (Å²) in [4.78, 5) is 0. The highest BCUT2D eigenvalue weighted by molar-refractivity contribution is 5.31. The van der Waals surface area contributed by atoms with Crippen LogP contribution >= 0.6 is 0 Å². The second kappa shape index (κ2) is 5.02. The minimum absolute atomic E-state index is 0.179. The average Bonchev–Trinajstić information content (AvgIpc) is 2.18. The summed E-state index contributed by atoms with van der Waals surface area (Å²) < 4.78 is 19.2. The molecule has 1 rings (SSSR count). The van der Waals surface area contributed by atoms with E-state index in [0.29, 0.717) is 5.56 Å². The van der Waals surface area contributed by atoms with E-state index in [0.717, 1.165) is 0 Å². The molecule has 0 radical (unpaired) electrons. The molecule has 1 aromatic rings. The van der Waals surface area contributed by atoms with Crippen molar-refractivity contribution in [2.75, 3.05) is 0 Å². The van der Waals surface area contributed by atoms with Gasteiger partial charge in [-0.1, -0.05) is 6.07 Å². The summed E-state index contributed by atoms with van der Waals surface area (Å²) in [7, 11) is 0. The third-order valence-electron chi connectivity index (χ3n) is 2.21. The quantitative estimate of drug-likeness (QED) is 0.854.